The Bertz CT molecular complexity index is 1430. The molecule has 1 atom stereocenters. The molecule has 1 fully saturated rings. The van der Waals surface area contributed by atoms with Crippen LogP contribution in [0.4, 0.5) is 10.1 Å². The summed E-state index contributed by atoms with van der Waals surface area (Å²) in [5.41, 5.74) is 2.41. The minimum Gasteiger partial charge on any atom is -0.357 e. The lowest BCUT2D eigenvalue weighted by Gasteiger charge is -2.22. The Hall–Kier alpha value is -3.36. The summed E-state index contributed by atoms with van der Waals surface area (Å²) >= 11 is 5.73. The first-order valence-corrected chi connectivity index (χ1v) is 11.6. The number of anilines is 1. The van der Waals surface area contributed by atoms with Crippen molar-refractivity contribution >= 4 is 50.8 Å². The van der Waals surface area contributed by atoms with Gasteiger partial charge in [0.25, 0.3) is 0 Å². The molecule has 3 heterocycles. The van der Waals surface area contributed by atoms with Gasteiger partial charge in [-0.3, -0.25) is 14.6 Å². The average Bonchev–Trinajstić information content (AvgIpc) is 3.32. The number of hydrogen-bond acceptors (Lipinski definition) is 5. The number of carbonyl (C=O) groups excluding carboxylic acids is 2. The minimum atomic E-state index is -0.518. The Morgan fingerprint density at radius 3 is 2.82 bits per heavy atom. The van der Waals surface area contributed by atoms with E-state index in [-0.39, 0.29) is 34.5 Å². The first-order chi connectivity index (χ1) is 16.5. The van der Waals surface area contributed by atoms with E-state index in [9.17, 15) is 14.0 Å². The topological polar surface area (TPSA) is 86.1 Å². The SMILES string of the molecule is Cc1cc(C(=O)c2ccc(F)c3nn(C4CCCCO4)cc23)c(NC(=O)CCl)c2cccnc12. The number of nitrogens with one attached hydrogen (secondary N) is 1. The molecule has 1 unspecified atom stereocenters. The fourth-order valence-corrected chi connectivity index (χ4v) is 4.49. The number of ketones is 1. The number of hydrogen-bond donors (Lipinski definition) is 1. The predicted octanol–water partition coefficient (Wildman–Crippen LogP) is 5.14. The molecule has 4 aromatic rings. The zero-order chi connectivity index (χ0) is 23.8. The van der Waals surface area contributed by atoms with Gasteiger partial charge >= 0.3 is 0 Å². The number of fused-ring (bicyclic) bond motifs is 2. The van der Waals surface area contributed by atoms with E-state index in [0.29, 0.717) is 28.6 Å². The summed E-state index contributed by atoms with van der Waals surface area (Å²) in [5, 5.41) is 8.15. The van der Waals surface area contributed by atoms with E-state index >= 15 is 0 Å². The summed E-state index contributed by atoms with van der Waals surface area (Å²) in [6, 6.07) is 7.89. The average molecular weight is 481 g/mol. The number of rotatable bonds is 5. The van der Waals surface area contributed by atoms with Crippen LogP contribution in [0.1, 0.15) is 47.0 Å². The second-order valence-electron chi connectivity index (χ2n) is 8.31. The largest absolute Gasteiger partial charge is 0.357 e. The summed E-state index contributed by atoms with van der Waals surface area (Å²) in [6.45, 7) is 2.46. The Morgan fingerprint density at radius 1 is 1.21 bits per heavy atom. The highest BCUT2D eigenvalue weighted by atomic mass is 35.5. The molecule has 0 bridgehead atoms. The first kappa shape index (κ1) is 22.4. The van der Waals surface area contributed by atoms with Crippen LogP contribution in [0.3, 0.4) is 0 Å². The van der Waals surface area contributed by atoms with Crippen LogP contribution in [0.2, 0.25) is 0 Å². The number of amides is 1. The molecule has 34 heavy (non-hydrogen) atoms. The summed E-state index contributed by atoms with van der Waals surface area (Å²) in [7, 11) is 0. The maximum Gasteiger partial charge on any atom is 0.239 e. The summed E-state index contributed by atoms with van der Waals surface area (Å²) in [6.07, 6.45) is 5.75. The van der Waals surface area contributed by atoms with Gasteiger partial charge in [-0.1, -0.05) is 0 Å². The normalized spacial score (nSPS) is 16.1. The minimum absolute atomic E-state index is 0.102. The van der Waals surface area contributed by atoms with Crippen LogP contribution in [0.5, 0.6) is 0 Å². The zero-order valence-electron chi connectivity index (χ0n) is 18.5. The van der Waals surface area contributed by atoms with Gasteiger partial charge in [0.2, 0.25) is 5.91 Å². The van der Waals surface area contributed by atoms with Crippen LogP contribution in [0.25, 0.3) is 21.8 Å². The number of carbonyl (C=O) groups is 2. The van der Waals surface area contributed by atoms with Gasteiger partial charge < -0.3 is 10.1 Å². The van der Waals surface area contributed by atoms with Crippen molar-refractivity contribution in [3.63, 3.8) is 0 Å². The van der Waals surface area contributed by atoms with Crippen LogP contribution in [-0.4, -0.2) is 38.9 Å². The fourth-order valence-electron chi connectivity index (χ4n) is 4.42. The first-order valence-electron chi connectivity index (χ1n) is 11.1. The summed E-state index contributed by atoms with van der Waals surface area (Å²) < 4.78 is 22.1. The van der Waals surface area contributed by atoms with E-state index in [1.54, 1.807) is 35.3 Å². The van der Waals surface area contributed by atoms with Gasteiger partial charge in [0.05, 0.1) is 11.2 Å². The lowest BCUT2D eigenvalue weighted by molar-refractivity contribution is -0.113. The highest BCUT2D eigenvalue weighted by Crippen LogP contribution is 2.33. The van der Waals surface area contributed by atoms with E-state index in [1.165, 1.54) is 12.1 Å². The van der Waals surface area contributed by atoms with Crippen LogP contribution in [0, 0.1) is 12.7 Å². The summed E-state index contributed by atoms with van der Waals surface area (Å²) in [4.78, 5) is 30.4. The van der Waals surface area contributed by atoms with Gasteiger partial charge in [-0.15, -0.1) is 11.6 Å². The van der Waals surface area contributed by atoms with Crippen molar-refractivity contribution in [2.24, 2.45) is 0 Å². The third-order valence-corrected chi connectivity index (χ3v) is 6.29. The highest BCUT2D eigenvalue weighted by Gasteiger charge is 2.25. The molecule has 1 aliphatic rings. The number of aromatic nitrogens is 3. The molecule has 1 aliphatic heterocycles. The van der Waals surface area contributed by atoms with Crippen molar-refractivity contribution < 1.29 is 18.7 Å². The fraction of sp³-hybridized carbons (Fsp3) is 0.280. The molecular weight excluding hydrogens is 459 g/mol. The Kier molecular flexibility index (Phi) is 6.02. The molecule has 2 aromatic heterocycles. The maximum absolute atomic E-state index is 14.7. The van der Waals surface area contributed by atoms with Crippen LogP contribution in [-0.2, 0) is 9.53 Å². The lowest BCUT2D eigenvalue weighted by atomic mass is 9.94. The van der Waals surface area contributed by atoms with Crippen LogP contribution >= 0.6 is 11.6 Å². The standard InChI is InChI=1S/C25H22ClFN4O3/c1-14-11-17(23(29-20(32)12-26)16-5-4-9-28-22(14)16)25(33)15-7-8-19(27)24-18(15)13-31(30-24)21-6-2-3-10-34-21/h4-5,7-9,11,13,21H,2-3,6,10,12H2,1H3,(H,29,32). The Labute approximate surface area is 199 Å². The molecule has 0 spiro atoms. The van der Waals surface area contributed by atoms with Crippen molar-refractivity contribution in [2.75, 3.05) is 17.8 Å². The van der Waals surface area contributed by atoms with E-state index in [4.69, 9.17) is 16.3 Å². The van der Waals surface area contributed by atoms with Gasteiger partial charge in [-0.05, 0) is 62.1 Å². The molecule has 5 rings (SSSR count). The molecule has 2 aromatic carbocycles. The van der Waals surface area contributed by atoms with Gasteiger partial charge in [0.1, 0.15) is 17.6 Å². The number of aryl methyl sites for hydroxylation is 1. The van der Waals surface area contributed by atoms with Gasteiger partial charge in [-0.25, -0.2) is 9.07 Å². The molecular formula is C25H22ClFN4O3. The molecule has 1 N–H and O–H groups in total. The smallest absolute Gasteiger partial charge is 0.239 e. The molecule has 0 radical (unpaired) electrons. The monoisotopic (exact) mass is 480 g/mol. The second kappa shape index (κ2) is 9.12. The quantitative estimate of drug-likeness (QED) is 0.316. The third kappa shape index (κ3) is 3.93. The number of halogens is 2. The molecule has 0 saturated carbocycles. The second-order valence-corrected chi connectivity index (χ2v) is 8.58. The lowest BCUT2D eigenvalue weighted by Crippen LogP contribution is -2.18. The molecule has 9 heteroatoms. The predicted molar refractivity (Wildman–Crippen MR) is 128 cm³/mol. The van der Waals surface area contributed by atoms with Crippen LogP contribution in [0.15, 0.2) is 42.7 Å². The molecule has 1 saturated heterocycles. The van der Waals surface area contributed by atoms with E-state index in [1.807, 2.05) is 6.92 Å². The zero-order valence-corrected chi connectivity index (χ0v) is 19.2. The number of pyridine rings is 1. The maximum atomic E-state index is 14.7. The summed E-state index contributed by atoms with van der Waals surface area (Å²) in [5.74, 6) is -1.60. The van der Waals surface area contributed by atoms with Gasteiger partial charge in [0.15, 0.2) is 11.6 Å². The third-order valence-electron chi connectivity index (χ3n) is 6.05. The number of ether oxygens (including phenoxy) is 1. The van der Waals surface area contributed by atoms with Crippen LogP contribution < -0.4 is 5.32 Å². The number of benzene rings is 2. The van der Waals surface area contributed by atoms with Crippen molar-refractivity contribution in [1.82, 2.24) is 14.8 Å². The van der Waals surface area contributed by atoms with E-state index in [0.717, 1.165) is 24.8 Å². The Morgan fingerprint density at radius 2 is 2.06 bits per heavy atom. The van der Waals surface area contributed by atoms with E-state index < -0.39 is 11.7 Å². The van der Waals surface area contributed by atoms with Crippen molar-refractivity contribution in [3.05, 3.63) is 65.2 Å². The van der Waals surface area contributed by atoms with Gasteiger partial charge in [-0.2, -0.15) is 5.10 Å². The molecule has 7 nitrogen and oxygen atoms in total. The van der Waals surface area contributed by atoms with Gasteiger partial charge in [0, 0.05) is 40.9 Å². The number of alkyl halides is 1. The van der Waals surface area contributed by atoms with Crippen molar-refractivity contribution in [2.45, 2.75) is 32.4 Å². The molecule has 1 amide bonds. The van der Waals surface area contributed by atoms with Crippen molar-refractivity contribution in [1.29, 1.82) is 0 Å². The number of nitrogens with zero attached hydrogens (tertiary/aromatic N) is 3. The highest BCUT2D eigenvalue weighted by molar-refractivity contribution is 6.30. The Balaban J connectivity index is 1.67. The van der Waals surface area contributed by atoms with E-state index in [2.05, 4.69) is 15.4 Å². The van der Waals surface area contributed by atoms with Crippen molar-refractivity contribution in [3.8, 4) is 0 Å². The molecule has 174 valence electrons. The molecule has 0 aliphatic carbocycles.